The van der Waals surface area contributed by atoms with E-state index >= 15 is 0 Å². The lowest BCUT2D eigenvalue weighted by molar-refractivity contribution is -0.122. The van der Waals surface area contributed by atoms with Crippen molar-refractivity contribution in [3.8, 4) is 0 Å². The molecule has 1 heterocycles. The van der Waals surface area contributed by atoms with Gasteiger partial charge in [-0.2, -0.15) is 0 Å². The Balaban J connectivity index is 0.00000112. The first-order valence-corrected chi connectivity index (χ1v) is 5.59. The maximum absolute atomic E-state index is 11.7. The monoisotopic (exact) mass is 289 g/mol. The molecule has 1 saturated heterocycles. The summed E-state index contributed by atoms with van der Waals surface area (Å²) in [6.07, 6.45) is 1.65. The van der Waals surface area contributed by atoms with Crippen molar-refractivity contribution in [2.45, 2.75) is 18.9 Å². The molecule has 0 bridgehead atoms. The van der Waals surface area contributed by atoms with Crippen LogP contribution in [0.15, 0.2) is 28.7 Å². The molecule has 1 unspecified atom stereocenters. The van der Waals surface area contributed by atoms with Crippen molar-refractivity contribution < 1.29 is 4.79 Å². The second-order valence-electron chi connectivity index (χ2n) is 3.48. The molecule has 1 aromatic rings. The van der Waals surface area contributed by atoms with E-state index in [9.17, 15) is 4.79 Å². The molecule has 82 valence electrons. The summed E-state index contributed by atoms with van der Waals surface area (Å²) in [5.41, 5.74) is 1.05. The third kappa shape index (κ3) is 2.80. The van der Waals surface area contributed by atoms with E-state index in [1.165, 1.54) is 0 Å². The minimum atomic E-state index is -0.112. The van der Waals surface area contributed by atoms with Crippen LogP contribution in [0.25, 0.3) is 0 Å². The summed E-state index contributed by atoms with van der Waals surface area (Å²) < 4.78 is 1.01. The summed E-state index contributed by atoms with van der Waals surface area (Å²) in [7, 11) is 0. The number of carbonyl (C=O) groups excluding carboxylic acids is 1. The van der Waals surface area contributed by atoms with E-state index < -0.39 is 0 Å². The van der Waals surface area contributed by atoms with Gasteiger partial charge in [-0.1, -0.05) is 34.1 Å². The lowest BCUT2D eigenvalue weighted by Crippen LogP contribution is -2.34. The summed E-state index contributed by atoms with van der Waals surface area (Å²) >= 11 is 3.47. The Labute approximate surface area is 104 Å². The summed E-state index contributed by atoms with van der Waals surface area (Å²) in [5.74, 6) is 0.295. The van der Waals surface area contributed by atoms with Crippen molar-refractivity contribution in [3.63, 3.8) is 0 Å². The maximum atomic E-state index is 11.7. The zero-order chi connectivity index (χ0) is 9.97. The van der Waals surface area contributed by atoms with Crippen molar-refractivity contribution >= 4 is 34.1 Å². The van der Waals surface area contributed by atoms with Crippen LogP contribution >= 0.6 is 28.3 Å². The van der Waals surface area contributed by atoms with Crippen LogP contribution in [0.3, 0.4) is 0 Å². The van der Waals surface area contributed by atoms with Gasteiger partial charge in [0.1, 0.15) is 0 Å². The van der Waals surface area contributed by atoms with Gasteiger partial charge in [-0.15, -0.1) is 12.4 Å². The Kier molecular flexibility index (Phi) is 4.77. The van der Waals surface area contributed by atoms with E-state index in [0.717, 1.165) is 23.0 Å². The van der Waals surface area contributed by atoms with Crippen molar-refractivity contribution in [2.24, 2.45) is 0 Å². The summed E-state index contributed by atoms with van der Waals surface area (Å²) in [5, 5.41) is 3.25. The van der Waals surface area contributed by atoms with Crippen molar-refractivity contribution in [3.05, 3.63) is 34.3 Å². The fourth-order valence-electron chi connectivity index (χ4n) is 1.76. The van der Waals surface area contributed by atoms with E-state index in [0.29, 0.717) is 12.2 Å². The van der Waals surface area contributed by atoms with Crippen molar-refractivity contribution in [1.29, 1.82) is 0 Å². The number of nitrogens with one attached hydrogen (secondary N) is 1. The second kappa shape index (κ2) is 5.64. The average molecular weight is 291 g/mol. The molecule has 1 aliphatic rings. The summed E-state index contributed by atoms with van der Waals surface area (Å²) in [4.78, 5) is 11.7. The molecule has 0 aliphatic carbocycles. The van der Waals surface area contributed by atoms with Gasteiger partial charge in [-0.25, -0.2) is 0 Å². The Hall–Kier alpha value is -0.380. The standard InChI is InChI=1S/C11H12BrNO.ClH/c12-9-5-2-1-4-8(9)11-10(14)6-3-7-13-11;/h1-2,4-5,11,13H,3,6-7H2;1H. The number of carbonyl (C=O) groups is 1. The van der Waals surface area contributed by atoms with Crippen LogP contribution in [-0.2, 0) is 4.79 Å². The summed E-state index contributed by atoms with van der Waals surface area (Å²) in [6, 6.07) is 7.77. The molecular formula is C11H13BrClNO. The first kappa shape index (κ1) is 12.7. The molecule has 4 heteroatoms. The van der Waals surface area contributed by atoms with Gasteiger partial charge in [0.2, 0.25) is 0 Å². The lowest BCUT2D eigenvalue weighted by atomic mass is 9.96. The number of hydrogen-bond donors (Lipinski definition) is 1. The maximum Gasteiger partial charge on any atom is 0.154 e. The van der Waals surface area contributed by atoms with Gasteiger partial charge in [0.25, 0.3) is 0 Å². The lowest BCUT2D eigenvalue weighted by Gasteiger charge is -2.23. The molecular weight excluding hydrogens is 277 g/mol. The number of rotatable bonds is 1. The molecule has 0 spiro atoms. The number of piperidine rings is 1. The number of hydrogen-bond acceptors (Lipinski definition) is 2. The first-order valence-electron chi connectivity index (χ1n) is 4.79. The molecule has 0 radical (unpaired) electrons. The quantitative estimate of drug-likeness (QED) is 0.862. The highest BCUT2D eigenvalue weighted by atomic mass is 79.9. The third-order valence-electron chi connectivity index (χ3n) is 2.49. The van der Waals surface area contributed by atoms with Crippen LogP contribution < -0.4 is 5.32 Å². The van der Waals surface area contributed by atoms with E-state index in [1.807, 2.05) is 24.3 Å². The Morgan fingerprint density at radius 1 is 1.33 bits per heavy atom. The van der Waals surface area contributed by atoms with Crippen LogP contribution in [0, 0.1) is 0 Å². The van der Waals surface area contributed by atoms with Gasteiger partial charge < -0.3 is 5.32 Å². The highest BCUT2D eigenvalue weighted by Crippen LogP contribution is 2.26. The van der Waals surface area contributed by atoms with Gasteiger partial charge in [0.05, 0.1) is 6.04 Å². The molecule has 0 saturated carbocycles. The van der Waals surface area contributed by atoms with Crippen molar-refractivity contribution in [2.75, 3.05) is 6.54 Å². The highest BCUT2D eigenvalue weighted by Gasteiger charge is 2.24. The fraction of sp³-hybridized carbons (Fsp3) is 0.364. The average Bonchev–Trinajstić information content (AvgIpc) is 2.20. The Bertz CT molecular complexity index is 356. The second-order valence-corrected chi connectivity index (χ2v) is 4.33. The van der Waals surface area contributed by atoms with Gasteiger partial charge in [-0.3, -0.25) is 4.79 Å². The predicted octanol–water partition coefficient (Wildman–Crippen LogP) is 2.86. The first-order chi connectivity index (χ1) is 6.79. The number of ketones is 1. The minimum Gasteiger partial charge on any atom is -0.304 e. The van der Waals surface area contributed by atoms with E-state index in [-0.39, 0.29) is 18.4 Å². The number of halogens is 2. The topological polar surface area (TPSA) is 29.1 Å². The molecule has 1 aromatic carbocycles. The van der Waals surface area contributed by atoms with Crippen LogP contribution in [0.2, 0.25) is 0 Å². The van der Waals surface area contributed by atoms with Crippen molar-refractivity contribution in [1.82, 2.24) is 5.32 Å². The molecule has 15 heavy (non-hydrogen) atoms. The van der Waals surface area contributed by atoms with Crippen LogP contribution in [0.4, 0.5) is 0 Å². The van der Waals surface area contributed by atoms with Gasteiger partial charge in [0.15, 0.2) is 5.78 Å². The molecule has 1 aliphatic heterocycles. The normalized spacial score (nSPS) is 20.9. The fourth-order valence-corrected chi connectivity index (χ4v) is 2.27. The highest BCUT2D eigenvalue weighted by molar-refractivity contribution is 9.10. The Morgan fingerprint density at radius 3 is 2.73 bits per heavy atom. The van der Waals surface area contributed by atoms with Gasteiger partial charge in [-0.05, 0) is 24.6 Å². The zero-order valence-corrected chi connectivity index (χ0v) is 10.6. The predicted molar refractivity (Wildman–Crippen MR) is 66.4 cm³/mol. The molecule has 1 fully saturated rings. The van der Waals surface area contributed by atoms with Gasteiger partial charge >= 0.3 is 0 Å². The Morgan fingerprint density at radius 2 is 2.07 bits per heavy atom. The largest absolute Gasteiger partial charge is 0.304 e. The minimum absolute atomic E-state index is 0. The molecule has 0 amide bonds. The zero-order valence-electron chi connectivity index (χ0n) is 8.20. The smallest absolute Gasteiger partial charge is 0.154 e. The summed E-state index contributed by atoms with van der Waals surface area (Å²) in [6.45, 7) is 0.928. The van der Waals surface area contributed by atoms with E-state index in [2.05, 4.69) is 21.2 Å². The van der Waals surface area contributed by atoms with Crippen LogP contribution in [-0.4, -0.2) is 12.3 Å². The van der Waals surface area contributed by atoms with Gasteiger partial charge in [0, 0.05) is 10.9 Å². The molecule has 2 rings (SSSR count). The van der Waals surface area contributed by atoms with Crippen LogP contribution in [0.5, 0.6) is 0 Å². The molecule has 1 N–H and O–H groups in total. The molecule has 0 aromatic heterocycles. The van der Waals surface area contributed by atoms with E-state index in [4.69, 9.17) is 0 Å². The SMILES string of the molecule is Cl.O=C1CCCNC1c1ccccc1Br. The number of benzene rings is 1. The molecule has 2 nitrogen and oxygen atoms in total. The third-order valence-corrected chi connectivity index (χ3v) is 3.21. The molecule has 1 atom stereocenters. The van der Waals surface area contributed by atoms with E-state index in [1.54, 1.807) is 0 Å². The number of Topliss-reactive ketones (excluding diaryl/α,β-unsaturated/α-hetero) is 1. The van der Waals surface area contributed by atoms with Crippen LogP contribution in [0.1, 0.15) is 24.4 Å².